The second-order valence-corrected chi connectivity index (χ2v) is 7.91. The highest BCUT2D eigenvalue weighted by molar-refractivity contribution is 5.85. The summed E-state index contributed by atoms with van der Waals surface area (Å²) in [5.74, 6) is 0.403. The van der Waals surface area contributed by atoms with Gasteiger partial charge in [0.25, 0.3) is 0 Å². The van der Waals surface area contributed by atoms with E-state index in [4.69, 9.17) is 0 Å². The number of hydrogen-bond acceptors (Lipinski definition) is 3. The molecular formula is C23H26N4O. The molecule has 0 aliphatic carbocycles. The van der Waals surface area contributed by atoms with Crippen molar-refractivity contribution >= 4 is 16.8 Å². The molecule has 3 aromatic rings. The first-order valence-corrected chi connectivity index (χ1v) is 10.1. The Morgan fingerprint density at radius 3 is 2.75 bits per heavy atom. The molecule has 0 radical (unpaired) electrons. The highest BCUT2D eigenvalue weighted by Gasteiger charge is 2.41. The molecule has 28 heavy (non-hydrogen) atoms. The highest BCUT2D eigenvalue weighted by Crippen LogP contribution is 2.44. The van der Waals surface area contributed by atoms with Gasteiger partial charge in [-0.25, -0.2) is 0 Å². The summed E-state index contributed by atoms with van der Waals surface area (Å²) in [6.45, 7) is 3.18. The van der Waals surface area contributed by atoms with Gasteiger partial charge >= 0.3 is 0 Å². The van der Waals surface area contributed by atoms with Crippen molar-refractivity contribution in [3.05, 3.63) is 71.4 Å². The van der Waals surface area contributed by atoms with Crippen LogP contribution in [0.15, 0.2) is 54.6 Å². The fourth-order valence-electron chi connectivity index (χ4n) is 5.01. The second kappa shape index (κ2) is 7.08. The van der Waals surface area contributed by atoms with Crippen molar-refractivity contribution in [2.75, 3.05) is 33.4 Å². The molecule has 3 heterocycles. The van der Waals surface area contributed by atoms with Gasteiger partial charge in [0, 0.05) is 42.7 Å². The first kappa shape index (κ1) is 17.5. The van der Waals surface area contributed by atoms with Crippen LogP contribution in [0.4, 0.5) is 0 Å². The Morgan fingerprint density at radius 2 is 1.93 bits per heavy atom. The van der Waals surface area contributed by atoms with E-state index in [-0.39, 0.29) is 5.91 Å². The molecule has 2 aromatic carbocycles. The van der Waals surface area contributed by atoms with Crippen LogP contribution in [-0.4, -0.2) is 54.0 Å². The number of hydrogen-bond donors (Lipinski definition) is 2. The molecule has 1 amide bonds. The van der Waals surface area contributed by atoms with Crippen molar-refractivity contribution in [1.82, 2.24) is 20.1 Å². The Morgan fingerprint density at radius 1 is 1.14 bits per heavy atom. The van der Waals surface area contributed by atoms with Crippen LogP contribution in [0.2, 0.25) is 0 Å². The number of likely N-dealkylation sites (N-methyl/N-ethyl adjacent to an activating group) is 1. The fraction of sp³-hybridized carbons (Fsp3) is 0.348. The maximum atomic E-state index is 12.0. The first-order chi connectivity index (χ1) is 13.7. The molecule has 0 saturated carbocycles. The SMILES string of the molecule is CNC(=O)CN1C[C@@H](c2ccccc2)[C@H]2c3[nH]c4ccccc4c3CCN2C1. The maximum Gasteiger partial charge on any atom is 0.233 e. The Kier molecular flexibility index (Phi) is 4.41. The lowest BCUT2D eigenvalue weighted by Gasteiger charge is -2.48. The molecule has 2 aliphatic heterocycles. The highest BCUT2D eigenvalue weighted by atomic mass is 16.1. The van der Waals surface area contributed by atoms with Crippen LogP contribution in [0.1, 0.15) is 28.8 Å². The van der Waals surface area contributed by atoms with Crippen molar-refractivity contribution in [2.45, 2.75) is 18.4 Å². The smallest absolute Gasteiger partial charge is 0.233 e. The van der Waals surface area contributed by atoms with Crippen LogP contribution in [-0.2, 0) is 11.2 Å². The van der Waals surface area contributed by atoms with Crippen molar-refractivity contribution in [1.29, 1.82) is 0 Å². The van der Waals surface area contributed by atoms with Crippen molar-refractivity contribution < 1.29 is 4.79 Å². The molecule has 5 heteroatoms. The summed E-state index contributed by atoms with van der Waals surface area (Å²) in [5, 5.41) is 4.13. The molecule has 1 saturated heterocycles. The van der Waals surface area contributed by atoms with Gasteiger partial charge in [-0.3, -0.25) is 14.6 Å². The van der Waals surface area contributed by atoms with Crippen LogP contribution in [0.3, 0.4) is 0 Å². The standard InChI is InChI=1S/C23H26N4O/c1-24-21(28)14-26-13-19(16-7-3-2-4-8-16)23-22-18(11-12-27(23)15-26)17-9-5-6-10-20(17)25-22/h2-10,19,23,25H,11-15H2,1H3,(H,24,28)/t19-,23-/m0/s1. The van der Waals surface area contributed by atoms with Crippen LogP contribution >= 0.6 is 0 Å². The number of aromatic amines is 1. The number of benzene rings is 2. The van der Waals surface area contributed by atoms with Gasteiger partial charge in [0.15, 0.2) is 0 Å². The molecule has 0 spiro atoms. The molecule has 2 atom stereocenters. The Labute approximate surface area is 165 Å². The molecule has 144 valence electrons. The van der Waals surface area contributed by atoms with E-state index >= 15 is 0 Å². The number of para-hydroxylation sites is 1. The third kappa shape index (κ3) is 2.91. The van der Waals surface area contributed by atoms with Gasteiger partial charge in [-0.05, 0) is 23.6 Å². The number of H-pyrrole nitrogens is 1. The third-order valence-electron chi connectivity index (χ3n) is 6.28. The van der Waals surface area contributed by atoms with E-state index in [1.807, 2.05) is 0 Å². The average molecular weight is 374 g/mol. The largest absolute Gasteiger partial charge is 0.358 e. The van der Waals surface area contributed by atoms with Gasteiger partial charge < -0.3 is 10.3 Å². The Hall–Kier alpha value is -2.63. The minimum atomic E-state index is 0.0774. The van der Waals surface area contributed by atoms with E-state index in [2.05, 4.69) is 74.7 Å². The van der Waals surface area contributed by atoms with E-state index in [0.29, 0.717) is 18.5 Å². The number of nitrogens with one attached hydrogen (secondary N) is 2. The third-order valence-corrected chi connectivity index (χ3v) is 6.28. The quantitative estimate of drug-likeness (QED) is 0.741. The Bertz CT molecular complexity index is 996. The molecule has 2 N–H and O–H groups in total. The summed E-state index contributed by atoms with van der Waals surface area (Å²) in [6, 6.07) is 19.7. The maximum absolute atomic E-state index is 12.0. The normalized spacial score (nSPS) is 22.6. The monoisotopic (exact) mass is 374 g/mol. The zero-order chi connectivity index (χ0) is 19.1. The predicted molar refractivity (Wildman–Crippen MR) is 111 cm³/mol. The molecular weight excluding hydrogens is 348 g/mol. The number of fused-ring (bicyclic) bond motifs is 5. The molecule has 1 aromatic heterocycles. The van der Waals surface area contributed by atoms with E-state index < -0.39 is 0 Å². The molecule has 1 fully saturated rings. The van der Waals surface area contributed by atoms with Crippen LogP contribution in [0.25, 0.3) is 10.9 Å². The van der Waals surface area contributed by atoms with Gasteiger partial charge in [0.2, 0.25) is 5.91 Å². The van der Waals surface area contributed by atoms with Crippen molar-refractivity contribution in [3.8, 4) is 0 Å². The van der Waals surface area contributed by atoms with E-state index in [1.165, 1.54) is 27.7 Å². The van der Waals surface area contributed by atoms with Crippen LogP contribution in [0.5, 0.6) is 0 Å². The topological polar surface area (TPSA) is 51.4 Å². The summed E-state index contributed by atoms with van der Waals surface area (Å²) >= 11 is 0. The number of amides is 1. The lowest BCUT2D eigenvalue weighted by Crippen LogP contribution is -2.54. The van der Waals surface area contributed by atoms with Crippen molar-refractivity contribution in [2.24, 2.45) is 0 Å². The minimum absolute atomic E-state index is 0.0774. The van der Waals surface area contributed by atoms with Gasteiger partial charge in [-0.2, -0.15) is 0 Å². The summed E-state index contributed by atoms with van der Waals surface area (Å²) in [5.41, 5.74) is 5.40. The van der Waals surface area contributed by atoms with E-state index in [9.17, 15) is 4.79 Å². The van der Waals surface area contributed by atoms with Gasteiger partial charge in [0.1, 0.15) is 0 Å². The summed E-state index contributed by atoms with van der Waals surface area (Å²) < 4.78 is 0. The van der Waals surface area contributed by atoms with Crippen molar-refractivity contribution in [3.63, 3.8) is 0 Å². The number of rotatable bonds is 3. The Balaban J connectivity index is 1.57. The van der Waals surface area contributed by atoms with E-state index in [1.54, 1.807) is 7.05 Å². The number of carbonyl (C=O) groups is 1. The first-order valence-electron chi connectivity index (χ1n) is 10.1. The molecule has 5 nitrogen and oxygen atoms in total. The fourth-order valence-corrected chi connectivity index (χ4v) is 5.01. The van der Waals surface area contributed by atoms with Crippen LogP contribution in [0, 0.1) is 0 Å². The molecule has 5 rings (SSSR count). The average Bonchev–Trinajstić information content (AvgIpc) is 3.12. The number of aromatic nitrogens is 1. The molecule has 2 aliphatic rings. The van der Waals surface area contributed by atoms with Gasteiger partial charge in [-0.15, -0.1) is 0 Å². The number of carbonyl (C=O) groups excluding carboxylic acids is 1. The number of nitrogens with zero attached hydrogens (tertiary/aromatic N) is 2. The van der Waals surface area contributed by atoms with Gasteiger partial charge in [-0.1, -0.05) is 48.5 Å². The zero-order valence-corrected chi connectivity index (χ0v) is 16.2. The summed E-state index contributed by atoms with van der Waals surface area (Å²) in [7, 11) is 1.71. The molecule has 0 unspecified atom stereocenters. The summed E-state index contributed by atoms with van der Waals surface area (Å²) in [6.07, 6.45) is 1.05. The summed E-state index contributed by atoms with van der Waals surface area (Å²) in [4.78, 5) is 20.6. The second-order valence-electron chi connectivity index (χ2n) is 7.91. The van der Waals surface area contributed by atoms with E-state index in [0.717, 1.165) is 26.2 Å². The lowest BCUT2D eigenvalue weighted by atomic mass is 9.82. The lowest BCUT2D eigenvalue weighted by molar-refractivity contribution is -0.123. The van der Waals surface area contributed by atoms with Crippen LogP contribution < -0.4 is 5.32 Å². The minimum Gasteiger partial charge on any atom is -0.358 e. The zero-order valence-electron chi connectivity index (χ0n) is 16.2. The molecule has 0 bridgehead atoms. The predicted octanol–water partition coefficient (Wildman–Crippen LogP) is 2.87. The van der Waals surface area contributed by atoms with Gasteiger partial charge in [0.05, 0.1) is 19.3 Å².